The summed E-state index contributed by atoms with van der Waals surface area (Å²) in [5.41, 5.74) is 3.35. The molecule has 0 saturated heterocycles. The van der Waals surface area contributed by atoms with Crippen LogP contribution in [0.2, 0.25) is 0 Å². The number of methoxy groups -OCH3 is 1. The Bertz CT molecular complexity index is 1130. The van der Waals surface area contributed by atoms with E-state index >= 15 is 0 Å². The van der Waals surface area contributed by atoms with Gasteiger partial charge < -0.3 is 24.3 Å². The summed E-state index contributed by atoms with van der Waals surface area (Å²) in [5.74, 6) is 1.09. The number of nitrogens with one attached hydrogen (secondary N) is 1. The van der Waals surface area contributed by atoms with E-state index in [1.165, 1.54) is 4.90 Å². The minimum absolute atomic E-state index is 0.0158. The molecular formula is C23H25N3O4. The van der Waals surface area contributed by atoms with Crippen molar-refractivity contribution in [1.82, 2.24) is 9.88 Å². The highest BCUT2D eigenvalue weighted by atomic mass is 16.5. The van der Waals surface area contributed by atoms with Crippen LogP contribution in [0.4, 0.5) is 5.69 Å². The van der Waals surface area contributed by atoms with Gasteiger partial charge in [0.05, 0.1) is 12.8 Å². The fraction of sp³-hybridized carbons (Fsp3) is 0.304. The average Bonchev–Trinajstić information content (AvgIpc) is 3.05. The smallest absolute Gasteiger partial charge is 0.264 e. The van der Waals surface area contributed by atoms with Crippen LogP contribution in [0, 0.1) is 0 Å². The third kappa shape index (κ3) is 3.58. The van der Waals surface area contributed by atoms with Crippen LogP contribution >= 0.6 is 0 Å². The summed E-state index contributed by atoms with van der Waals surface area (Å²) in [6.45, 7) is 2.00. The Balaban J connectivity index is 1.51. The summed E-state index contributed by atoms with van der Waals surface area (Å²) in [5, 5.41) is 4.17. The van der Waals surface area contributed by atoms with Crippen LogP contribution in [-0.4, -0.2) is 43.2 Å². The number of fused-ring (bicyclic) bond motifs is 2. The lowest BCUT2D eigenvalue weighted by Crippen LogP contribution is -2.36. The molecule has 0 bridgehead atoms. The van der Waals surface area contributed by atoms with Gasteiger partial charge in [0.15, 0.2) is 6.61 Å². The summed E-state index contributed by atoms with van der Waals surface area (Å²) in [6, 6.07) is 11.1. The number of carbonyl (C=O) groups is 2. The number of carbonyl (C=O) groups excluding carboxylic acids is 2. The van der Waals surface area contributed by atoms with E-state index in [0.29, 0.717) is 23.4 Å². The molecule has 0 unspecified atom stereocenters. The standard InChI is InChI=1S/C23H25N3O4/c1-14(9-16-12-25(2)19-7-6-17(29-4)11-18(16)19)24-23(28)15-5-8-21-20(10-15)26(3)22(27)13-30-21/h5-8,10-12,14H,9,13H2,1-4H3,(H,24,28)/t14-/m0/s1. The van der Waals surface area contributed by atoms with E-state index < -0.39 is 0 Å². The number of hydrogen-bond acceptors (Lipinski definition) is 4. The van der Waals surface area contributed by atoms with Gasteiger partial charge in [0.25, 0.3) is 11.8 Å². The van der Waals surface area contributed by atoms with Crippen molar-refractivity contribution < 1.29 is 19.1 Å². The predicted molar refractivity (Wildman–Crippen MR) is 115 cm³/mol. The number of aromatic nitrogens is 1. The molecule has 7 heteroatoms. The van der Waals surface area contributed by atoms with Crippen molar-refractivity contribution in [2.45, 2.75) is 19.4 Å². The number of aryl methyl sites for hydroxylation is 1. The zero-order chi connectivity index (χ0) is 21.4. The van der Waals surface area contributed by atoms with Gasteiger partial charge >= 0.3 is 0 Å². The SMILES string of the molecule is COc1ccc2c(c1)c(C[C@H](C)NC(=O)c1ccc3c(c1)N(C)C(=O)CO3)cn2C. The van der Waals surface area contributed by atoms with Gasteiger partial charge in [-0.05, 0) is 55.3 Å². The molecule has 1 atom stereocenters. The second kappa shape index (κ2) is 7.74. The van der Waals surface area contributed by atoms with Crippen LogP contribution in [0.25, 0.3) is 10.9 Å². The maximum Gasteiger partial charge on any atom is 0.264 e. The number of ether oxygens (including phenoxy) is 2. The molecular weight excluding hydrogens is 382 g/mol. The molecule has 0 radical (unpaired) electrons. The number of hydrogen-bond donors (Lipinski definition) is 1. The van der Waals surface area contributed by atoms with Crippen LogP contribution < -0.4 is 19.7 Å². The fourth-order valence-corrected chi connectivity index (χ4v) is 3.84. The number of anilines is 1. The van der Waals surface area contributed by atoms with Gasteiger partial charge in [-0.15, -0.1) is 0 Å². The van der Waals surface area contributed by atoms with Crippen LogP contribution in [0.3, 0.4) is 0 Å². The Morgan fingerprint density at radius 1 is 1.23 bits per heavy atom. The van der Waals surface area contributed by atoms with Gasteiger partial charge in [-0.25, -0.2) is 0 Å². The molecule has 156 valence electrons. The molecule has 4 rings (SSSR count). The molecule has 7 nitrogen and oxygen atoms in total. The van der Waals surface area contributed by atoms with Crippen LogP contribution in [0.15, 0.2) is 42.6 Å². The second-order valence-corrected chi connectivity index (χ2v) is 7.65. The number of likely N-dealkylation sites (N-methyl/N-ethyl adjacent to an activating group) is 1. The van der Waals surface area contributed by atoms with E-state index in [9.17, 15) is 9.59 Å². The van der Waals surface area contributed by atoms with Gasteiger partial charge in [0, 0.05) is 42.8 Å². The Hall–Kier alpha value is -3.48. The molecule has 0 saturated carbocycles. The molecule has 30 heavy (non-hydrogen) atoms. The lowest BCUT2D eigenvalue weighted by Gasteiger charge is -2.26. The van der Waals surface area contributed by atoms with Gasteiger partial charge in [-0.2, -0.15) is 0 Å². The van der Waals surface area contributed by atoms with E-state index in [2.05, 4.69) is 16.1 Å². The number of nitrogens with zero attached hydrogens (tertiary/aromatic N) is 2. The summed E-state index contributed by atoms with van der Waals surface area (Å²) < 4.78 is 12.9. The average molecular weight is 407 g/mol. The van der Waals surface area contributed by atoms with Gasteiger partial charge in [0.2, 0.25) is 0 Å². The number of amides is 2. The predicted octanol–water partition coefficient (Wildman–Crippen LogP) is 2.90. The van der Waals surface area contributed by atoms with Gasteiger partial charge in [0.1, 0.15) is 11.5 Å². The second-order valence-electron chi connectivity index (χ2n) is 7.65. The van der Waals surface area contributed by atoms with Crippen molar-refractivity contribution >= 4 is 28.4 Å². The molecule has 0 fully saturated rings. The van der Waals surface area contributed by atoms with E-state index in [1.54, 1.807) is 32.4 Å². The molecule has 2 heterocycles. The van der Waals surface area contributed by atoms with Crippen LogP contribution in [-0.2, 0) is 18.3 Å². The van der Waals surface area contributed by atoms with Crippen molar-refractivity contribution in [3.05, 3.63) is 53.7 Å². The van der Waals surface area contributed by atoms with E-state index in [-0.39, 0.29) is 24.5 Å². The normalized spacial score (nSPS) is 14.3. The first-order valence-electron chi connectivity index (χ1n) is 9.83. The van der Waals surface area contributed by atoms with Crippen molar-refractivity contribution in [1.29, 1.82) is 0 Å². The minimum atomic E-state index is -0.186. The van der Waals surface area contributed by atoms with E-state index in [0.717, 1.165) is 22.2 Å². The summed E-state index contributed by atoms with van der Waals surface area (Å²) in [6.07, 6.45) is 2.77. The van der Waals surface area contributed by atoms with Crippen molar-refractivity contribution in [2.24, 2.45) is 7.05 Å². The summed E-state index contributed by atoms with van der Waals surface area (Å²) >= 11 is 0. The lowest BCUT2D eigenvalue weighted by molar-refractivity contribution is -0.120. The largest absolute Gasteiger partial charge is 0.497 e. The number of benzene rings is 2. The van der Waals surface area contributed by atoms with E-state index in [1.807, 2.05) is 32.2 Å². The first-order chi connectivity index (χ1) is 14.4. The first-order valence-corrected chi connectivity index (χ1v) is 9.83. The molecule has 0 aliphatic carbocycles. The Morgan fingerprint density at radius 3 is 2.80 bits per heavy atom. The summed E-state index contributed by atoms with van der Waals surface area (Å²) in [4.78, 5) is 26.2. The quantitative estimate of drug-likeness (QED) is 0.706. The highest BCUT2D eigenvalue weighted by molar-refractivity contribution is 6.01. The maximum atomic E-state index is 12.8. The fourth-order valence-electron chi connectivity index (χ4n) is 3.84. The van der Waals surface area contributed by atoms with Gasteiger partial charge in [-0.1, -0.05) is 0 Å². The van der Waals surface area contributed by atoms with E-state index in [4.69, 9.17) is 9.47 Å². The first kappa shape index (κ1) is 19.8. The molecule has 1 aromatic heterocycles. The highest BCUT2D eigenvalue weighted by Crippen LogP contribution is 2.32. The maximum absolute atomic E-state index is 12.8. The molecule has 1 aliphatic heterocycles. The zero-order valence-electron chi connectivity index (χ0n) is 17.6. The Kier molecular flexibility index (Phi) is 5.11. The van der Waals surface area contributed by atoms with Gasteiger partial charge in [-0.3, -0.25) is 9.59 Å². The minimum Gasteiger partial charge on any atom is -0.497 e. The summed E-state index contributed by atoms with van der Waals surface area (Å²) in [7, 11) is 5.35. The molecule has 2 aromatic carbocycles. The van der Waals surface area contributed by atoms with Crippen LogP contribution in [0.5, 0.6) is 11.5 Å². The Labute approximate surface area is 175 Å². The monoisotopic (exact) mass is 407 g/mol. The van der Waals surface area contributed by atoms with Crippen molar-refractivity contribution in [3.8, 4) is 11.5 Å². The molecule has 3 aromatic rings. The topological polar surface area (TPSA) is 72.8 Å². The lowest BCUT2D eigenvalue weighted by atomic mass is 10.0. The molecule has 0 spiro atoms. The van der Waals surface area contributed by atoms with Crippen molar-refractivity contribution in [3.63, 3.8) is 0 Å². The molecule has 1 N–H and O–H groups in total. The number of rotatable bonds is 5. The molecule has 1 aliphatic rings. The highest BCUT2D eigenvalue weighted by Gasteiger charge is 2.24. The zero-order valence-corrected chi connectivity index (χ0v) is 17.6. The van der Waals surface area contributed by atoms with Crippen LogP contribution in [0.1, 0.15) is 22.8 Å². The Morgan fingerprint density at radius 2 is 2.03 bits per heavy atom. The molecule has 2 amide bonds. The third-order valence-corrected chi connectivity index (χ3v) is 5.49. The van der Waals surface area contributed by atoms with Crippen molar-refractivity contribution in [2.75, 3.05) is 25.7 Å². The third-order valence-electron chi connectivity index (χ3n) is 5.49.